The fourth-order valence-corrected chi connectivity index (χ4v) is 2.56. The quantitative estimate of drug-likeness (QED) is 0.873. The molecule has 0 aromatic carbocycles. The summed E-state index contributed by atoms with van der Waals surface area (Å²) in [5, 5.41) is 4.06. The maximum atomic E-state index is 5.88. The Labute approximate surface area is 106 Å². The average molecular weight is 260 g/mol. The van der Waals surface area contributed by atoms with Crippen molar-refractivity contribution < 1.29 is 9.26 Å². The second-order valence-corrected chi connectivity index (χ2v) is 4.82. The minimum atomic E-state index is 0. The van der Waals surface area contributed by atoms with Crippen molar-refractivity contribution in [1.29, 1.82) is 0 Å². The lowest BCUT2D eigenvalue weighted by atomic mass is 10.1. The number of ether oxygens (including phenoxy) is 1. The summed E-state index contributed by atoms with van der Waals surface area (Å²) in [6, 6.07) is 0.301. The molecule has 17 heavy (non-hydrogen) atoms. The first kappa shape index (κ1) is 12.8. The van der Waals surface area contributed by atoms with Crippen LogP contribution < -0.4 is 5.73 Å². The van der Waals surface area contributed by atoms with Crippen LogP contribution in [0.15, 0.2) is 4.52 Å². The van der Waals surface area contributed by atoms with Crippen molar-refractivity contribution in [3.05, 3.63) is 11.7 Å². The van der Waals surface area contributed by atoms with Crippen LogP contribution in [0.25, 0.3) is 0 Å². The molecule has 3 unspecified atom stereocenters. The molecule has 0 spiro atoms. The highest BCUT2D eigenvalue weighted by atomic mass is 35.5. The summed E-state index contributed by atoms with van der Waals surface area (Å²) in [6.07, 6.45) is 4.12. The van der Waals surface area contributed by atoms with Gasteiger partial charge < -0.3 is 15.0 Å². The predicted octanol–water partition coefficient (Wildman–Crippen LogP) is 1.59. The van der Waals surface area contributed by atoms with Crippen LogP contribution in [0.5, 0.6) is 0 Å². The molecule has 3 rings (SSSR count). The van der Waals surface area contributed by atoms with Crippen LogP contribution in [0.1, 0.15) is 49.2 Å². The summed E-state index contributed by atoms with van der Waals surface area (Å²) in [6.45, 7) is 1.53. The van der Waals surface area contributed by atoms with Gasteiger partial charge in [-0.05, 0) is 25.7 Å². The van der Waals surface area contributed by atoms with E-state index < -0.39 is 0 Å². The summed E-state index contributed by atoms with van der Waals surface area (Å²) < 4.78 is 10.7. The highest BCUT2D eigenvalue weighted by Gasteiger charge is 2.30. The Morgan fingerprint density at radius 3 is 2.71 bits per heavy atom. The van der Waals surface area contributed by atoms with Crippen molar-refractivity contribution in [3.63, 3.8) is 0 Å². The third kappa shape index (κ3) is 2.61. The Morgan fingerprint density at radius 2 is 2.06 bits per heavy atom. The maximum absolute atomic E-state index is 5.88. The highest BCUT2D eigenvalue weighted by Crippen LogP contribution is 2.33. The zero-order valence-corrected chi connectivity index (χ0v) is 10.5. The second-order valence-electron chi connectivity index (χ2n) is 4.82. The van der Waals surface area contributed by atoms with E-state index in [4.69, 9.17) is 15.0 Å². The summed E-state index contributed by atoms with van der Waals surface area (Å²) in [5.41, 5.74) is 5.88. The number of nitrogens with two attached hydrogens (primary N) is 1. The van der Waals surface area contributed by atoms with E-state index in [-0.39, 0.29) is 12.4 Å². The number of halogens is 1. The van der Waals surface area contributed by atoms with E-state index in [1.54, 1.807) is 0 Å². The van der Waals surface area contributed by atoms with Gasteiger partial charge in [0.05, 0.1) is 6.61 Å². The average Bonchev–Trinajstić information content (AvgIpc) is 2.97. The standard InChI is InChI=1S/C11H17N3O2.ClH/c12-9-2-1-7(5-9)11-13-10(14-16-11)8-3-4-15-6-8;/h7-9H,1-6,12H2;1H. The lowest BCUT2D eigenvalue weighted by Gasteiger charge is -2.02. The first-order valence-corrected chi connectivity index (χ1v) is 6.00. The molecule has 5 nitrogen and oxygen atoms in total. The van der Waals surface area contributed by atoms with Gasteiger partial charge in [-0.1, -0.05) is 5.16 Å². The Bertz CT molecular complexity index is 365. The number of rotatable bonds is 2. The van der Waals surface area contributed by atoms with E-state index in [1.165, 1.54) is 0 Å². The summed E-state index contributed by atoms with van der Waals surface area (Å²) in [7, 11) is 0. The molecule has 96 valence electrons. The van der Waals surface area contributed by atoms with Crippen LogP contribution in [-0.2, 0) is 4.74 Å². The first-order valence-electron chi connectivity index (χ1n) is 6.00. The minimum Gasteiger partial charge on any atom is -0.381 e. The van der Waals surface area contributed by atoms with Crippen LogP contribution >= 0.6 is 12.4 Å². The Morgan fingerprint density at radius 1 is 1.18 bits per heavy atom. The van der Waals surface area contributed by atoms with E-state index in [1.807, 2.05) is 0 Å². The minimum absolute atomic E-state index is 0. The Hall–Kier alpha value is -0.650. The Kier molecular flexibility index (Phi) is 4.01. The zero-order valence-electron chi connectivity index (χ0n) is 9.67. The largest absolute Gasteiger partial charge is 0.381 e. The molecule has 1 aliphatic heterocycles. The van der Waals surface area contributed by atoms with Crippen molar-refractivity contribution >= 4 is 12.4 Å². The van der Waals surface area contributed by atoms with E-state index >= 15 is 0 Å². The van der Waals surface area contributed by atoms with Gasteiger partial charge in [0.25, 0.3) is 0 Å². The number of aromatic nitrogens is 2. The molecule has 0 radical (unpaired) electrons. The van der Waals surface area contributed by atoms with E-state index in [9.17, 15) is 0 Å². The molecule has 2 heterocycles. The molecule has 1 aromatic rings. The molecule has 2 N–H and O–H groups in total. The van der Waals surface area contributed by atoms with Gasteiger partial charge in [-0.3, -0.25) is 0 Å². The van der Waals surface area contributed by atoms with E-state index in [2.05, 4.69) is 10.1 Å². The molecule has 1 saturated heterocycles. The van der Waals surface area contributed by atoms with Gasteiger partial charge in [0, 0.05) is 24.5 Å². The third-order valence-electron chi connectivity index (χ3n) is 3.57. The third-order valence-corrected chi connectivity index (χ3v) is 3.57. The van der Waals surface area contributed by atoms with E-state index in [0.717, 1.165) is 50.6 Å². The molecule has 0 bridgehead atoms. The van der Waals surface area contributed by atoms with Crippen LogP contribution in [0.4, 0.5) is 0 Å². The first-order chi connectivity index (χ1) is 7.83. The van der Waals surface area contributed by atoms with Crippen LogP contribution in [0, 0.1) is 0 Å². The number of hydrogen-bond acceptors (Lipinski definition) is 5. The van der Waals surface area contributed by atoms with Crippen LogP contribution in [-0.4, -0.2) is 29.4 Å². The van der Waals surface area contributed by atoms with Gasteiger partial charge in [0.15, 0.2) is 5.82 Å². The molecule has 1 saturated carbocycles. The van der Waals surface area contributed by atoms with Crippen molar-refractivity contribution in [3.8, 4) is 0 Å². The molecule has 2 fully saturated rings. The van der Waals surface area contributed by atoms with Gasteiger partial charge in [0.1, 0.15) is 0 Å². The maximum Gasteiger partial charge on any atom is 0.229 e. The lowest BCUT2D eigenvalue weighted by Crippen LogP contribution is -2.14. The van der Waals surface area contributed by atoms with Gasteiger partial charge >= 0.3 is 0 Å². The smallest absolute Gasteiger partial charge is 0.229 e. The lowest BCUT2D eigenvalue weighted by molar-refractivity contribution is 0.192. The molecular weight excluding hydrogens is 242 g/mol. The fourth-order valence-electron chi connectivity index (χ4n) is 2.56. The van der Waals surface area contributed by atoms with Gasteiger partial charge in [0.2, 0.25) is 5.89 Å². The Balaban J connectivity index is 0.00000108. The molecule has 6 heteroatoms. The SMILES string of the molecule is Cl.NC1CCC(c2nc(C3CCOC3)no2)C1. The molecule has 1 aliphatic carbocycles. The van der Waals surface area contributed by atoms with Gasteiger partial charge in [-0.25, -0.2) is 0 Å². The monoisotopic (exact) mass is 259 g/mol. The van der Waals surface area contributed by atoms with Crippen molar-refractivity contribution in [2.24, 2.45) is 5.73 Å². The van der Waals surface area contributed by atoms with Crippen LogP contribution in [0.3, 0.4) is 0 Å². The molecular formula is C11H18ClN3O2. The van der Waals surface area contributed by atoms with Crippen molar-refractivity contribution in [2.75, 3.05) is 13.2 Å². The fraction of sp³-hybridized carbons (Fsp3) is 0.818. The topological polar surface area (TPSA) is 74.2 Å². The van der Waals surface area contributed by atoms with Gasteiger partial charge in [-0.15, -0.1) is 12.4 Å². The van der Waals surface area contributed by atoms with Crippen LogP contribution in [0.2, 0.25) is 0 Å². The summed E-state index contributed by atoms with van der Waals surface area (Å²) in [4.78, 5) is 4.50. The molecule has 3 atom stereocenters. The molecule has 1 aromatic heterocycles. The van der Waals surface area contributed by atoms with Gasteiger partial charge in [-0.2, -0.15) is 4.98 Å². The predicted molar refractivity (Wildman–Crippen MR) is 64.3 cm³/mol. The normalized spacial score (nSPS) is 32.6. The van der Waals surface area contributed by atoms with Crippen molar-refractivity contribution in [2.45, 2.75) is 43.6 Å². The summed E-state index contributed by atoms with van der Waals surface area (Å²) >= 11 is 0. The zero-order chi connectivity index (χ0) is 11.0. The number of nitrogens with zero attached hydrogens (tertiary/aromatic N) is 2. The molecule has 0 amide bonds. The van der Waals surface area contributed by atoms with E-state index in [0.29, 0.717) is 17.9 Å². The number of hydrogen-bond donors (Lipinski definition) is 1. The second kappa shape index (κ2) is 5.33. The highest BCUT2D eigenvalue weighted by molar-refractivity contribution is 5.85. The van der Waals surface area contributed by atoms with Crippen molar-refractivity contribution in [1.82, 2.24) is 10.1 Å². The molecule has 2 aliphatic rings. The summed E-state index contributed by atoms with van der Waals surface area (Å²) in [5.74, 6) is 2.29.